The minimum Gasteiger partial charge on any atom is -0.399 e. The minimum atomic E-state index is -3.57. The van der Waals surface area contributed by atoms with Crippen LogP contribution in [-0.2, 0) is 10.0 Å². The van der Waals surface area contributed by atoms with Crippen molar-refractivity contribution in [2.45, 2.75) is 4.90 Å². The molecule has 122 valence electrons. The first-order valence-electron chi connectivity index (χ1n) is 7.33. The molecule has 23 heavy (non-hydrogen) atoms. The molecule has 3 rings (SSSR count). The first kappa shape index (κ1) is 15.8. The third kappa shape index (κ3) is 3.16. The fourth-order valence-corrected chi connectivity index (χ4v) is 4.18. The summed E-state index contributed by atoms with van der Waals surface area (Å²) in [4.78, 5) is 2.05. The zero-order valence-corrected chi connectivity index (χ0v) is 13.3. The second kappa shape index (κ2) is 6.17. The molecule has 2 aromatic rings. The lowest BCUT2D eigenvalue weighted by Crippen LogP contribution is -2.48. The van der Waals surface area contributed by atoms with E-state index >= 15 is 0 Å². The fourth-order valence-electron chi connectivity index (χ4n) is 2.70. The van der Waals surface area contributed by atoms with Crippen LogP contribution in [-0.4, -0.2) is 38.9 Å². The van der Waals surface area contributed by atoms with Gasteiger partial charge < -0.3 is 10.6 Å². The van der Waals surface area contributed by atoms with Crippen molar-refractivity contribution < 1.29 is 12.8 Å². The van der Waals surface area contributed by atoms with E-state index in [1.807, 2.05) is 4.90 Å². The van der Waals surface area contributed by atoms with Crippen LogP contribution in [0.4, 0.5) is 15.8 Å². The summed E-state index contributed by atoms with van der Waals surface area (Å²) in [7, 11) is -3.57. The van der Waals surface area contributed by atoms with Crippen LogP contribution in [0.25, 0.3) is 0 Å². The van der Waals surface area contributed by atoms with E-state index in [-0.39, 0.29) is 10.7 Å². The fraction of sp³-hybridized carbons (Fsp3) is 0.250. The molecule has 1 heterocycles. The minimum absolute atomic E-state index is 0.192. The molecule has 0 aromatic heterocycles. The van der Waals surface area contributed by atoms with Crippen LogP contribution in [0.1, 0.15) is 0 Å². The van der Waals surface area contributed by atoms with Gasteiger partial charge in [0.2, 0.25) is 10.0 Å². The summed E-state index contributed by atoms with van der Waals surface area (Å²) in [6.07, 6.45) is 0. The molecule has 0 atom stereocenters. The number of para-hydroxylation sites is 1. The highest BCUT2D eigenvalue weighted by molar-refractivity contribution is 7.89. The molecule has 5 nitrogen and oxygen atoms in total. The van der Waals surface area contributed by atoms with Gasteiger partial charge in [-0.05, 0) is 30.3 Å². The van der Waals surface area contributed by atoms with E-state index in [0.717, 1.165) is 0 Å². The van der Waals surface area contributed by atoms with Crippen molar-refractivity contribution >= 4 is 21.4 Å². The Morgan fingerprint density at radius 2 is 1.65 bits per heavy atom. The lowest BCUT2D eigenvalue weighted by Gasteiger charge is -2.35. The predicted octanol–water partition coefficient (Wildman–Crippen LogP) is 1.92. The van der Waals surface area contributed by atoms with Gasteiger partial charge in [-0.2, -0.15) is 4.31 Å². The standard InChI is InChI=1S/C16H18FN3O2S/c17-15-6-1-2-7-16(15)19-8-10-20(11-9-19)23(21,22)14-5-3-4-13(18)12-14/h1-7,12H,8-11,18H2. The third-order valence-electron chi connectivity index (χ3n) is 3.93. The number of nitrogen functional groups attached to an aromatic ring is 1. The Kier molecular flexibility index (Phi) is 4.23. The SMILES string of the molecule is Nc1cccc(S(=O)(=O)N2CCN(c3ccccc3F)CC2)c1. The van der Waals surface area contributed by atoms with E-state index in [9.17, 15) is 12.8 Å². The summed E-state index contributed by atoms with van der Waals surface area (Å²) < 4.78 is 40.5. The third-order valence-corrected chi connectivity index (χ3v) is 5.82. The highest BCUT2D eigenvalue weighted by atomic mass is 32.2. The predicted molar refractivity (Wildman–Crippen MR) is 88.2 cm³/mol. The van der Waals surface area contributed by atoms with E-state index in [0.29, 0.717) is 37.6 Å². The van der Waals surface area contributed by atoms with Gasteiger partial charge in [0.1, 0.15) is 5.82 Å². The maximum absolute atomic E-state index is 13.8. The van der Waals surface area contributed by atoms with Crippen molar-refractivity contribution in [3.05, 3.63) is 54.3 Å². The number of hydrogen-bond acceptors (Lipinski definition) is 4. The number of benzene rings is 2. The molecule has 1 saturated heterocycles. The van der Waals surface area contributed by atoms with E-state index in [1.165, 1.54) is 22.5 Å². The van der Waals surface area contributed by atoms with Crippen LogP contribution in [0, 0.1) is 5.82 Å². The monoisotopic (exact) mass is 335 g/mol. The normalized spacial score (nSPS) is 16.5. The van der Waals surface area contributed by atoms with Crippen molar-refractivity contribution in [2.24, 2.45) is 0 Å². The smallest absolute Gasteiger partial charge is 0.243 e. The topological polar surface area (TPSA) is 66.6 Å². The molecule has 0 amide bonds. The Labute approximate surface area is 135 Å². The van der Waals surface area contributed by atoms with Gasteiger partial charge in [-0.1, -0.05) is 18.2 Å². The van der Waals surface area contributed by atoms with Crippen molar-refractivity contribution in [1.82, 2.24) is 4.31 Å². The largest absolute Gasteiger partial charge is 0.399 e. The summed E-state index contributed by atoms with van der Waals surface area (Å²) >= 11 is 0. The van der Waals surface area contributed by atoms with Gasteiger partial charge in [0.15, 0.2) is 0 Å². The molecule has 7 heteroatoms. The second-order valence-electron chi connectivity index (χ2n) is 5.42. The Morgan fingerprint density at radius 1 is 0.957 bits per heavy atom. The van der Waals surface area contributed by atoms with Crippen LogP contribution in [0.15, 0.2) is 53.4 Å². The Morgan fingerprint density at radius 3 is 2.30 bits per heavy atom. The molecule has 2 N–H and O–H groups in total. The molecular weight excluding hydrogens is 317 g/mol. The van der Waals surface area contributed by atoms with Gasteiger partial charge in [-0.15, -0.1) is 0 Å². The Hall–Kier alpha value is -2.12. The van der Waals surface area contributed by atoms with Gasteiger partial charge >= 0.3 is 0 Å². The van der Waals surface area contributed by atoms with Gasteiger partial charge in [-0.3, -0.25) is 0 Å². The average molecular weight is 335 g/mol. The number of anilines is 2. The van der Waals surface area contributed by atoms with Crippen LogP contribution in [0.3, 0.4) is 0 Å². The maximum Gasteiger partial charge on any atom is 0.243 e. The lowest BCUT2D eigenvalue weighted by atomic mass is 10.2. The van der Waals surface area contributed by atoms with Gasteiger partial charge in [0.05, 0.1) is 10.6 Å². The molecule has 0 bridgehead atoms. The molecule has 0 radical (unpaired) electrons. The van der Waals surface area contributed by atoms with Crippen LogP contribution >= 0.6 is 0 Å². The van der Waals surface area contributed by atoms with E-state index < -0.39 is 10.0 Å². The number of nitrogens with zero attached hydrogens (tertiary/aromatic N) is 2. The van der Waals surface area contributed by atoms with E-state index in [1.54, 1.807) is 30.3 Å². The lowest BCUT2D eigenvalue weighted by molar-refractivity contribution is 0.383. The van der Waals surface area contributed by atoms with Gasteiger partial charge in [-0.25, -0.2) is 12.8 Å². The average Bonchev–Trinajstić information content (AvgIpc) is 2.55. The molecule has 0 saturated carbocycles. The highest BCUT2D eigenvalue weighted by Gasteiger charge is 2.29. The molecule has 1 aliphatic heterocycles. The number of nitrogens with two attached hydrogens (primary N) is 1. The zero-order valence-electron chi connectivity index (χ0n) is 12.5. The Balaban J connectivity index is 1.75. The number of halogens is 1. The summed E-state index contributed by atoms with van der Waals surface area (Å²) in [6.45, 7) is 1.52. The van der Waals surface area contributed by atoms with Gasteiger partial charge in [0, 0.05) is 31.9 Å². The molecule has 0 spiro atoms. The highest BCUT2D eigenvalue weighted by Crippen LogP contribution is 2.23. The molecule has 2 aromatic carbocycles. The molecule has 0 unspecified atom stereocenters. The van der Waals surface area contributed by atoms with Crippen molar-refractivity contribution in [2.75, 3.05) is 36.8 Å². The van der Waals surface area contributed by atoms with Crippen LogP contribution in [0.5, 0.6) is 0 Å². The van der Waals surface area contributed by atoms with Crippen LogP contribution < -0.4 is 10.6 Å². The summed E-state index contributed by atoms with van der Waals surface area (Å²) in [6, 6.07) is 12.8. The van der Waals surface area contributed by atoms with Crippen molar-refractivity contribution in [3.8, 4) is 0 Å². The van der Waals surface area contributed by atoms with Crippen LogP contribution in [0.2, 0.25) is 0 Å². The number of sulfonamides is 1. The van der Waals surface area contributed by atoms with Gasteiger partial charge in [0.25, 0.3) is 0 Å². The number of rotatable bonds is 3. The molecule has 0 aliphatic carbocycles. The van der Waals surface area contributed by atoms with E-state index in [2.05, 4.69) is 0 Å². The van der Waals surface area contributed by atoms with Crippen molar-refractivity contribution in [1.29, 1.82) is 0 Å². The zero-order chi connectivity index (χ0) is 16.4. The molecule has 1 aliphatic rings. The first-order chi connectivity index (χ1) is 11.0. The first-order valence-corrected chi connectivity index (χ1v) is 8.77. The quantitative estimate of drug-likeness (QED) is 0.870. The van der Waals surface area contributed by atoms with Crippen molar-refractivity contribution in [3.63, 3.8) is 0 Å². The number of hydrogen-bond donors (Lipinski definition) is 1. The second-order valence-corrected chi connectivity index (χ2v) is 7.35. The summed E-state index contributed by atoms with van der Waals surface area (Å²) in [5.41, 5.74) is 6.59. The maximum atomic E-state index is 13.8. The number of piperazine rings is 1. The summed E-state index contributed by atoms with van der Waals surface area (Å²) in [5, 5.41) is 0. The molecular formula is C16H18FN3O2S. The van der Waals surface area contributed by atoms with E-state index in [4.69, 9.17) is 5.73 Å². The summed E-state index contributed by atoms with van der Waals surface area (Å²) in [5.74, 6) is -0.292. The Bertz CT molecular complexity index is 802. The molecule has 1 fully saturated rings.